The standard InChI is InChI=1S/C9H14N4O3/c1-5(14)12-6-3-2-4-13(9(10)11)7(6)8(15)16/h6H,2-4H2,1H3,(H4-,10,11,12,14,15,16)/p+1/t6-/m0/s1. The minimum absolute atomic E-state index is 0.0334. The summed E-state index contributed by atoms with van der Waals surface area (Å²) in [6, 6.07) is -0.576. The first-order chi connectivity index (χ1) is 7.43. The molecule has 1 heterocycles. The molecule has 0 aromatic carbocycles. The molecule has 7 heteroatoms. The van der Waals surface area contributed by atoms with Gasteiger partial charge in [0.2, 0.25) is 5.91 Å². The van der Waals surface area contributed by atoms with Crippen LogP contribution >= 0.6 is 0 Å². The van der Waals surface area contributed by atoms with Gasteiger partial charge in [-0.2, -0.15) is 0 Å². The van der Waals surface area contributed by atoms with Gasteiger partial charge >= 0.3 is 11.9 Å². The number of carboxylic acid groups (broad SMARTS) is 1. The highest BCUT2D eigenvalue weighted by molar-refractivity contribution is 6.36. The van der Waals surface area contributed by atoms with E-state index in [9.17, 15) is 9.59 Å². The fraction of sp³-hybridized carbons (Fsp3) is 0.556. The van der Waals surface area contributed by atoms with E-state index in [4.69, 9.17) is 16.2 Å². The predicted octanol–water partition coefficient (Wildman–Crippen LogP) is -1.28. The molecular formula is C9H15N4O3+. The topological polar surface area (TPSA) is 119 Å². The zero-order chi connectivity index (χ0) is 12.3. The molecule has 7 nitrogen and oxygen atoms in total. The molecular weight excluding hydrogens is 212 g/mol. The van der Waals surface area contributed by atoms with E-state index in [1.54, 1.807) is 0 Å². The summed E-state index contributed by atoms with van der Waals surface area (Å²) < 4.78 is 1.21. The van der Waals surface area contributed by atoms with Crippen LogP contribution in [0.5, 0.6) is 0 Å². The second-order valence-electron chi connectivity index (χ2n) is 3.62. The maximum atomic E-state index is 11.1. The molecule has 0 radical (unpaired) electrons. The van der Waals surface area contributed by atoms with Gasteiger partial charge in [-0.25, -0.2) is 9.37 Å². The Bertz CT molecular complexity index is 375. The molecule has 5 N–H and O–H groups in total. The number of carbonyl (C=O) groups excluding carboxylic acids is 1. The van der Waals surface area contributed by atoms with Crippen LogP contribution in [0.4, 0.5) is 0 Å². The van der Waals surface area contributed by atoms with Crippen molar-refractivity contribution in [3.05, 3.63) is 0 Å². The van der Waals surface area contributed by atoms with Crippen LogP contribution < -0.4 is 11.1 Å². The number of carbonyl (C=O) groups is 2. The summed E-state index contributed by atoms with van der Waals surface area (Å²) in [6.45, 7) is 1.72. The molecule has 0 fully saturated rings. The summed E-state index contributed by atoms with van der Waals surface area (Å²) >= 11 is 0. The van der Waals surface area contributed by atoms with Crippen LogP contribution in [0, 0.1) is 5.41 Å². The quantitative estimate of drug-likeness (QED) is 0.267. The van der Waals surface area contributed by atoms with E-state index in [2.05, 4.69) is 5.32 Å². The van der Waals surface area contributed by atoms with Crippen molar-refractivity contribution in [1.29, 1.82) is 5.41 Å². The van der Waals surface area contributed by atoms with Crippen molar-refractivity contribution in [2.75, 3.05) is 6.54 Å². The van der Waals surface area contributed by atoms with Crippen LogP contribution in [0.2, 0.25) is 0 Å². The van der Waals surface area contributed by atoms with Crippen molar-refractivity contribution in [3.8, 4) is 0 Å². The second kappa shape index (κ2) is 4.73. The van der Waals surface area contributed by atoms with Crippen molar-refractivity contribution < 1.29 is 19.3 Å². The Hall–Kier alpha value is -1.92. The summed E-state index contributed by atoms with van der Waals surface area (Å²) in [5.41, 5.74) is 5.27. The fourth-order valence-corrected chi connectivity index (χ4v) is 1.80. The molecule has 0 aromatic heterocycles. The van der Waals surface area contributed by atoms with Gasteiger partial charge in [0.25, 0.3) is 0 Å². The number of nitrogens with two attached hydrogens (primary N) is 1. The summed E-state index contributed by atoms with van der Waals surface area (Å²) in [5.74, 6) is -1.77. The van der Waals surface area contributed by atoms with Gasteiger partial charge < -0.3 is 10.4 Å². The maximum Gasteiger partial charge on any atom is 0.381 e. The molecule has 0 aliphatic carbocycles. The normalized spacial score (nSPS) is 20.4. The van der Waals surface area contributed by atoms with Crippen molar-refractivity contribution in [2.24, 2.45) is 5.73 Å². The average Bonchev–Trinajstić information content (AvgIpc) is 2.15. The number of guanidine groups is 1. The van der Waals surface area contributed by atoms with E-state index in [-0.39, 0.29) is 17.6 Å². The van der Waals surface area contributed by atoms with E-state index < -0.39 is 12.0 Å². The van der Waals surface area contributed by atoms with Gasteiger partial charge in [0.1, 0.15) is 0 Å². The lowest BCUT2D eigenvalue weighted by Gasteiger charge is -2.24. The number of aliphatic carboxylic acids is 1. The molecule has 1 rings (SSSR count). The highest BCUT2D eigenvalue weighted by Gasteiger charge is 2.32. The lowest BCUT2D eigenvalue weighted by Crippen LogP contribution is -2.53. The largest absolute Gasteiger partial charge is 0.476 e. The Balaban J connectivity index is 3.10. The molecule has 0 saturated carbocycles. The van der Waals surface area contributed by atoms with Crippen LogP contribution in [-0.4, -0.2) is 45.8 Å². The van der Waals surface area contributed by atoms with Crippen LogP contribution in [0.3, 0.4) is 0 Å². The van der Waals surface area contributed by atoms with Crippen LogP contribution in [0.1, 0.15) is 19.8 Å². The highest BCUT2D eigenvalue weighted by Crippen LogP contribution is 2.08. The van der Waals surface area contributed by atoms with Gasteiger partial charge in [0.15, 0.2) is 5.71 Å². The summed E-state index contributed by atoms with van der Waals surface area (Å²) in [4.78, 5) is 22.0. The molecule has 0 spiro atoms. The SMILES string of the molecule is CC(=O)N[C@H]1CCC[N+](C(=N)N)=C1C(=O)O. The van der Waals surface area contributed by atoms with Gasteiger partial charge in [-0.05, 0) is 12.8 Å². The molecule has 0 aromatic rings. The third-order valence-electron chi connectivity index (χ3n) is 2.38. The Morgan fingerprint density at radius 3 is 2.69 bits per heavy atom. The number of hydrogen-bond donors (Lipinski definition) is 4. The Kier molecular flexibility index (Phi) is 3.60. The predicted molar refractivity (Wildman–Crippen MR) is 56.5 cm³/mol. The smallest absolute Gasteiger partial charge is 0.381 e. The van der Waals surface area contributed by atoms with Crippen LogP contribution in [-0.2, 0) is 9.59 Å². The first kappa shape index (κ1) is 12.2. The number of hydrogen-bond acceptors (Lipinski definition) is 3. The molecule has 1 aliphatic heterocycles. The van der Waals surface area contributed by atoms with E-state index in [1.165, 1.54) is 11.5 Å². The number of rotatable bonds is 2. The summed E-state index contributed by atoms with van der Waals surface area (Å²) in [7, 11) is 0. The lowest BCUT2D eigenvalue weighted by molar-refractivity contribution is -0.419. The number of amides is 1. The average molecular weight is 227 g/mol. The highest BCUT2D eigenvalue weighted by atomic mass is 16.4. The molecule has 0 unspecified atom stereocenters. The zero-order valence-corrected chi connectivity index (χ0v) is 8.99. The van der Waals surface area contributed by atoms with Gasteiger partial charge in [0, 0.05) is 6.92 Å². The first-order valence-corrected chi connectivity index (χ1v) is 4.92. The maximum absolute atomic E-state index is 11.1. The molecule has 1 amide bonds. The van der Waals surface area contributed by atoms with E-state index in [0.29, 0.717) is 19.4 Å². The monoisotopic (exact) mass is 227 g/mol. The number of nitrogens with zero attached hydrogens (tertiary/aromatic N) is 1. The lowest BCUT2D eigenvalue weighted by atomic mass is 10.0. The minimum atomic E-state index is -1.16. The van der Waals surface area contributed by atoms with Crippen molar-refractivity contribution in [1.82, 2.24) is 5.32 Å². The molecule has 16 heavy (non-hydrogen) atoms. The Morgan fingerprint density at radius 1 is 1.62 bits per heavy atom. The van der Waals surface area contributed by atoms with Gasteiger partial charge in [-0.15, -0.1) is 5.41 Å². The van der Waals surface area contributed by atoms with Gasteiger partial charge in [0.05, 0.1) is 12.6 Å². The fourth-order valence-electron chi connectivity index (χ4n) is 1.80. The van der Waals surface area contributed by atoms with E-state index >= 15 is 0 Å². The van der Waals surface area contributed by atoms with Gasteiger partial charge in [-0.3, -0.25) is 10.5 Å². The first-order valence-electron chi connectivity index (χ1n) is 4.92. The molecule has 88 valence electrons. The summed E-state index contributed by atoms with van der Waals surface area (Å²) in [6.07, 6.45) is 1.23. The van der Waals surface area contributed by atoms with Crippen molar-refractivity contribution in [2.45, 2.75) is 25.8 Å². The minimum Gasteiger partial charge on any atom is -0.476 e. The Labute approximate surface area is 92.5 Å². The second-order valence-corrected chi connectivity index (χ2v) is 3.62. The van der Waals surface area contributed by atoms with E-state index in [0.717, 1.165) is 0 Å². The third-order valence-corrected chi connectivity index (χ3v) is 2.38. The van der Waals surface area contributed by atoms with E-state index in [1.807, 2.05) is 0 Å². The summed E-state index contributed by atoms with van der Waals surface area (Å²) in [5, 5.41) is 18.9. The van der Waals surface area contributed by atoms with Crippen LogP contribution in [0.15, 0.2) is 0 Å². The molecule has 1 aliphatic rings. The number of nitrogens with one attached hydrogen (secondary N) is 2. The number of carboxylic acids is 1. The van der Waals surface area contributed by atoms with Crippen molar-refractivity contribution >= 4 is 23.5 Å². The molecule has 0 bridgehead atoms. The molecule has 1 atom stereocenters. The molecule has 0 saturated heterocycles. The Morgan fingerprint density at radius 2 is 2.25 bits per heavy atom. The third kappa shape index (κ3) is 2.56. The zero-order valence-electron chi connectivity index (χ0n) is 8.99. The van der Waals surface area contributed by atoms with Gasteiger partial charge in [-0.1, -0.05) is 0 Å². The van der Waals surface area contributed by atoms with Crippen LogP contribution in [0.25, 0.3) is 0 Å². The van der Waals surface area contributed by atoms with Crippen molar-refractivity contribution in [3.63, 3.8) is 0 Å².